The highest BCUT2D eigenvalue weighted by Gasteiger charge is 2.22. The number of anilines is 1. The molecule has 1 atom stereocenters. The van der Waals surface area contributed by atoms with Crippen LogP contribution in [0, 0.1) is 11.2 Å². The van der Waals surface area contributed by atoms with Crippen LogP contribution in [0.3, 0.4) is 0 Å². The number of piperazine rings is 1. The molecule has 13 heteroatoms. The summed E-state index contributed by atoms with van der Waals surface area (Å²) in [6.45, 7) is 13.7. The molecule has 1 unspecified atom stereocenters. The summed E-state index contributed by atoms with van der Waals surface area (Å²) in [6, 6.07) is 12.4. The Morgan fingerprint density at radius 3 is 2.36 bits per heavy atom. The number of carbonyl (C=O) groups excluding carboxylic acids is 1. The second-order valence-electron chi connectivity index (χ2n) is 12.2. The van der Waals surface area contributed by atoms with Crippen LogP contribution in [0.4, 0.5) is 18.9 Å². The first-order valence-corrected chi connectivity index (χ1v) is 16.2. The molecule has 0 bridgehead atoms. The standard InChI is InChI=1S/C31H41F3N6O3S/c1-31(2,3)21-39-13-11-38(12-14-39)19-23-4-8-26(9-5-23)40(15-17-44(42)16-10-35-22-41)20-25-7-6-24(18-27(25)32)29-36-37-30(43-29)28(33)34/h4-9,18,22,28H,10-17,19-21H2,1-3H3,(H,35,41). The number of amides is 1. The van der Waals surface area contributed by atoms with Crippen LogP contribution in [0.1, 0.15) is 44.2 Å². The molecule has 1 saturated heterocycles. The summed E-state index contributed by atoms with van der Waals surface area (Å²) in [4.78, 5) is 17.5. The van der Waals surface area contributed by atoms with Gasteiger partial charge >= 0.3 is 6.43 Å². The molecule has 3 aromatic rings. The van der Waals surface area contributed by atoms with Gasteiger partial charge in [0.25, 0.3) is 5.89 Å². The topological polar surface area (TPSA) is 94.8 Å². The number of hydrogen-bond acceptors (Lipinski definition) is 8. The van der Waals surface area contributed by atoms with Gasteiger partial charge in [-0.05, 0) is 35.2 Å². The van der Waals surface area contributed by atoms with E-state index < -0.39 is 28.9 Å². The van der Waals surface area contributed by atoms with E-state index in [0.717, 1.165) is 45.0 Å². The Morgan fingerprint density at radius 1 is 1.05 bits per heavy atom. The number of rotatable bonds is 15. The van der Waals surface area contributed by atoms with Gasteiger partial charge in [0, 0.05) is 98.0 Å². The summed E-state index contributed by atoms with van der Waals surface area (Å²) in [5, 5.41) is 9.42. The minimum Gasteiger partial charge on any atom is -0.415 e. The van der Waals surface area contributed by atoms with Gasteiger partial charge in [-0.15, -0.1) is 10.2 Å². The predicted molar refractivity (Wildman–Crippen MR) is 165 cm³/mol. The predicted octanol–water partition coefficient (Wildman–Crippen LogP) is 4.48. The average Bonchev–Trinajstić information content (AvgIpc) is 3.48. The van der Waals surface area contributed by atoms with Gasteiger partial charge in [0.2, 0.25) is 12.3 Å². The Hall–Kier alpha value is -3.29. The quantitative estimate of drug-likeness (QED) is 0.193. The first-order valence-electron chi connectivity index (χ1n) is 14.7. The molecule has 1 aliphatic heterocycles. The van der Waals surface area contributed by atoms with E-state index in [1.165, 1.54) is 11.6 Å². The van der Waals surface area contributed by atoms with E-state index in [4.69, 9.17) is 4.42 Å². The maximum atomic E-state index is 15.2. The molecule has 2 aromatic carbocycles. The second-order valence-corrected chi connectivity index (χ2v) is 13.9. The van der Waals surface area contributed by atoms with Crippen LogP contribution in [0.5, 0.6) is 0 Å². The Morgan fingerprint density at radius 2 is 1.75 bits per heavy atom. The summed E-state index contributed by atoms with van der Waals surface area (Å²) >= 11 is 0. The van der Waals surface area contributed by atoms with Gasteiger partial charge in [0.05, 0.1) is 0 Å². The van der Waals surface area contributed by atoms with Gasteiger partial charge in [0.15, 0.2) is 0 Å². The SMILES string of the molecule is CC(C)(C)CN1CCN(Cc2ccc(N(CCS(=O)CCNC=O)Cc3ccc(-c4nnc(C(F)F)o4)cc3F)cc2)CC1. The fraction of sp³-hybridized carbons (Fsp3) is 0.516. The fourth-order valence-electron chi connectivity index (χ4n) is 5.15. The van der Waals surface area contributed by atoms with E-state index in [-0.39, 0.29) is 23.4 Å². The lowest BCUT2D eigenvalue weighted by Gasteiger charge is -2.37. The third kappa shape index (κ3) is 10.1. The molecule has 0 aliphatic carbocycles. The maximum Gasteiger partial charge on any atom is 0.314 e. The molecular formula is C31H41F3N6O3S. The molecule has 0 saturated carbocycles. The summed E-state index contributed by atoms with van der Waals surface area (Å²) in [5.41, 5.74) is 2.88. The molecule has 2 heterocycles. The van der Waals surface area contributed by atoms with Crippen molar-refractivity contribution in [1.29, 1.82) is 0 Å². The number of nitrogens with one attached hydrogen (secondary N) is 1. The number of halogens is 3. The summed E-state index contributed by atoms with van der Waals surface area (Å²) < 4.78 is 58.5. The van der Waals surface area contributed by atoms with Crippen molar-refractivity contribution in [2.24, 2.45) is 5.41 Å². The van der Waals surface area contributed by atoms with Gasteiger partial charge in [-0.3, -0.25) is 13.9 Å². The third-order valence-corrected chi connectivity index (χ3v) is 8.60. The van der Waals surface area contributed by atoms with Crippen LogP contribution in [0.2, 0.25) is 0 Å². The Bertz CT molecular complexity index is 1370. The molecule has 4 rings (SSSR count). The molecule has 1 aliphatic rings. The van der Waals surface area contributed by atoms with Crippen molar-refractivity contribution in [2.45, 2.75) is 40.3 Å². The van der Waals surface area contributed by atoms with Crippen LogP contribution >= 0.6 is 0 Å². The van der Waals surface area contributed by atoms with Crippen LogP contribution in [-0.4, -0.2) is 87.9 Å². The molecule has 1 aromatic heterocycles. The van der Waals surface area contributed by atoms with Crippen molar-refractivity contribution in [2.75, 3.05) is 62.2 Å². The highest BCUT2D eigenvalue weighted by atomic mass is 32.2. The minimum atomic E-state index is -2.91. The molecule has 0 radical (unpaired) electrons. The Kier molecular flexibility index (Phi) is 11.9. The average molecular weight is 635 g/mol. The number of carbonyl (C=O) groups is 1. The fourth-order valence-corrected chi connectivity index (χ4v) is 6.12. The van der Waals surface area contributed by atoms with Crippen LogP contribution in [0.15, 0.2) is 46.9 Å². The van der Waals surface area contributed by atoms with E-state index in [2.05, 4.69) is 58.2 Å². The monoisotopic (exact) mass is 634 g/mol. The lowest BCUT2D eigenvalue weighted by Crippen LogP contribution is -2.48. The number of alkyl halides is 2. The van der Waals surface area contributed by atoms with E-state index in [1.54, 1.807) is 12.1 Å². The van der Waals surface area contributed by atoms with Gasteiger partial charge in [-0.2, -0.15) is 8.78 Å². The summed E-state index contributed by atoms with van der Waals surface area (Å²) in [7, 11) is -1.18. The first-order chi connectivity index (χ1) is 21.0. The van der Waals surface area contributed by atoms with Crippen LogP contribution in [0.25, 0.3) is 11.5 Å². The van der Waals surface area contributed by atoms with Crippen LogP contribution < -0.4 is 10.2 Å². The number of aromatic nitrogens is 2. The third-order valence-electron chi connectivity index (χ3n) is 7.31. The number of hydrogen-bond donors (Lipinski definition) is 1. The molecule has 44 heavy (non-hydrogen) atoms. The van der Waals surface area contributed by atoms with Gasteiger partial charge in [-0.25, -0.2) is 4.39 Å². The largest absolute Gasteiger partial charge is 0.415 e. The van der Waals surface area contributed by atoms with E-state index in [0.29, 0.717) is 36.6 Å². The van der Waals surface area contributed by atoms with E-state index in [1.807, 2.05) is 17.0 Å². The van der Waals surface area contributed by atoms with Crippen molar-refractivity contribution in [3.05, 3.63) is 65.3 Å². The van der Waals surface area contributed by atoms with E-state index >= 15 is 4.39 Å². The second kappa shape index (κ2) is 15.6. The summed E-state index contributed by atoms with van der Waals surface area (Å²) in [6.07, 6.45) is -2.34. The molecule has 1 amide bonds. The lowest BCUT2D eigenvalue weighted by atomic mass is 9.96. The smallest absolute Gasteiger partial charge is 0.314 e. The van der Waals surface area contributed by atoms with Gasteiger partial charge < -0.3 is 19.5 Å². The van der Waals surface area contributed by atoms with Crippen molar-refractivity contribution in [3.8, 4) is 11.5 Å². The lowest BCUT2D eigenvalue weighted by molar-refractivity contribution is -0.109. The zero-order valence-corrected chi connectivity index (χ0v) is 26.3. The summed E-state index contributed by atoms with van der Waals surface area (Å²) in [5.74, 6) is -0.907. The van der Waals surface area contributed by atoms with Crippen molar-refractivity contribution >= 4 is 22.9 Å². The molecule has 240 valence electrons. The molecule has 1 N–H and O–H groups in total. The normalized spacial score (nSPS) is 15.4. The molecule has 0 spiro atoms. The highest BCUT2D eigenvalue weighted by Crippen LogP contribution is 2.27. The van der Waals surface area contributed by atoms with Crippen LogP contribution in [-0.2, 0) is 28.7 Å². The van der Waals surface area contributed by atoms with Crippen molar-refractivity contribution in [3.63, 3.8) is 0 Å². The first kappa shape index (κ1) is 33.6. The van der Waals surface area contributed by atoms with Crippen molar-refractivity contribution < 1.29 is 26.6 Å². The molecule has 9 nitrogen and oxygen atoms in total. The molecular weight excluding hydrogens is 593 g/mol. The van der Waals surface area contributed by atoms with E-state index in [9.17, 15) is 17.8 Å². The Labute approximate surface area is 259 Å². The zero-order chi connectivity index (χ0) is 31.7. The maximum absolute atomic E-state index is 15.2. The zero-order valence-electron chi connectivity index (χ0n) is 25.5. The Balaban J connectivity index is 1.43. The van der Waals surface area contributed by atoms with Crippen molar-refractivity contribution in [1.82, 2.24) is 25.3 Å². The number of nitrogens with zero attached hydrogens (tertiary/aromatic N) is 5. The number of benzene rings is 2. The minimum absolute atomic E-state index is 0.187. The van der Waals surface area contributed by atoms with Gasteiger partial charge in [-0.1, -0.05) is 39.0 Å². The highest BCUT2D eigenvalue weighted by molar-refractivity contribution is 7.85. The molecule has 1 fully saturated rings. The van der Waals surface area contributed by atoms with Gasteiger partial charge in [0.1, 0.15) is 5.82 Å².